The summed E-state index contributed by atoms with van der Waals surface area (Å²) in [5.41, 5.74) is 6.74. The number of hydrogen-bond donors (Lipinski definition) is 3. The molecular formula is C14H19N3O2. The Kier molecular flexibility index (Phi) is 6.35. The van der Waals surface area contributed by atoms with Gasteiger partial charge in [-0.15, -0.1) is 0 Å². The minimum atomic E-state index is -0.296. The predicted octanol–water partition coefficient (Wildman–Crippen LogP) is 0.633. The van der Waals surface area contributed by atoms with Crippen molar-refractivity contribution in [1.82, 2.24) is 5.32 Å². The van der Waals surface area contributed by atoms with Crippen molar-refractivity contribution < 1.29 is 9.63 Å². The fraction of sp³-hybridized carbons (Fsp3) is 0.214. The minimum Gasteiger partial charge on any atom is -0.404 e. The second-order valence-corrected chi connectivity index (χ2v) is 4.02. The number of carbonyl (C=O) groups is 1. The maximum absolute atomic E-state index is 11.9. The molecule has 1 rings (SSSR count). The third-order valence-corrected chi connectivity index (χ3v) is 2.62. The third-order valence-electron chi connectivity index (χ3n) is 2.62. The molecule has 0 fully saturated rings. The lowest BCUT2D eigenvalue weighted by molar-refractivity contribution is -0.118. The van der Waals surface area contributed by atoms with Gasteiger partial charge >= 0.3 is 0 Å². The first-order valence-corrected chi connectivity index (χ1v) is 5.92. The Balaban J connectivity index is 2.68. The van der Waals surface area contributed by atoms with E-state index in [-0.39, 0.29) is 18.6 Å². The van der Waals surface area contributed by atoms with Gasteiger partial charge in [-0.1, -0.05) is 43.0 Å². The van der Waals surface area contributed by atoms with E-state index >= 15 is 0 Å². The molecule has 1 atom stereocenters. The van der Waals surface area contributed by atoms with Crippen molar-refractivity contribution in [2.24, 2.45) is 11.6 Å². The molecule has 0 spiro atoms. The van der Waals surface area contributed by atoms with Gasteiger partial charge in [0.15, 0.2) is 0 Å². The lowest BCUT2D eigenvalue weighted by Gasteiger charge is -2.18. The van der Waals surface area contributed by atoms with Crippen LogP contribution >= 0.6 is 0 Å². The standard InChI is InChI=1S/C14H19N3O2/c1-2-12(9-15)14(18)17-13(10-19-16)8-11-6-4-3-5-7-11/h2-7,9,13H,1,8,10,15-16H2,(H,17,18)/b12-9+/t13-/m0/s1. The van der Waals surface area contributed by atoms with E-state index in [9.17, 15) is 4.79 Å². The topological polar surface area (TPSA) is 90.4 Å². The summed E-state index contributed by atoms with van der Waals surface area (Å²) in [6, 6.07) is 9.53. The van der Waals surface area contributed by atoms with E-state index < -0.39 is 0 Å². The fourth-order valence-corrected chi connectivity index (χ4v) is 1.67. The predicted molar refractivity (Wildman–Crippen MR) is 74.7 cm³/mol. The van der Waals surface area contributed by atoms with Crippen LogP contribution in [0.5, 0.6) is 0 Å². The van der Waals surface area contributed by atoms with Crippen LogP contribution in [0, 0.1) is 0 Å². The minimum absolute atomic E-state index is 0.218. The van der Waals surface area contributed by atoms with Gasteiger partial charge in [0.1, 0.15) is 0 Å². The molecule has 0 aliphatic heterocycles. The summed E-state index contributed by atoms with van der Waals surface area (Å²) in [5.74, 6) is 4.79. The monoisotopic (exact) mass is 261 g/mol. The number of hydrogen-bond acceptors (Lipinski definition) is 4. The Morgan fingerprint density at radius 3 is 2.63 bits per heavy atom. The number of nitrogens with one attached hydrogen (secondary N) is 1. The van der Waals surface area contributed by atoms with E-state index in [2.05, 4.69) is 16.7 Å². The normalized spacial score (nSPS) is 12.8. The maximum Gasteiger partial charge on any atom is 0.253 e. The highest BCUT2D eigenvalue weighted by Crippen LogP contribution is 2.04. The smallest absolute Gasteiger partial charge is 0.253 e. The Hall–Kier alpha value is -2.11. The van der Waals surface area contributed by atoms with Gasteiger partial charge in [0.05, 0.1) is 18.2 Å². The Morgan fingerprint density at radius 1 is 1.42 bits per heavy atom. The molecule has 1 aromatic carbocycles. The Bertz CT molecular complexity index is 443. The first kappa shape index (κ1) is 14.9. The molecule has 0 radical (unpaired) electrons. The van der Waals surface area contributed by atoms with Crippen molar-refractivity contribution in [3.8, 4) is 0 Å². The molecule has 0 heterocycles. The highest BCUT2D eigenvalue weighted by molar-refractivity contribution is 5.96. The van der Waals surface area contributed by atoms with Crippen LogP contribution in [0.2, 0.25) is 0 Å². The largest absolute Gasteiger partial charge is 0.404 e. The molecule has 5 heteroatoms. The van der Waals surface area contributed by atoms with Gasteiger partial charge in [0.2, 0.25) is 0 Å². The van der Waals surface area contributed by atoms with Crippen molar-refractivity contribution in [1.29, 1.82) is 0 Å². The van der Waals surface area contributed by atoms with E-state index in [1.807, 2.05) is 30.3 Å². The van der Waals surface area contributed by atoms with E-state index in [1.165, 1.54) is 12.3 Å². The first-order chi connectivity index (χ1) is 9.21. The molecule has 0 saturated heterocycles. The number of nitrogens with two attached hydrogens (primary N) is 2. The molecule has 0 unspecified atom stereocenters. The van der Waals surface area contributed by atoms with E-state index in [1.54, 1.807) is 0 Å². The van der Waals surface area contributed by atoms with Gasteiger partial charge < -0.3 is 15.9 Å². The van der Waals surface area contributed by atoms with Crippen molar-refractivity contribution >= 4 is 5.91 Å². The summed E-state index contributed by atoms with van der Waals surface area (Å²) >= 11 is 0. The van der Waals surface area contributed by atoms with Gasteiger partial charge in [0.25, 0.3) is 5.91 Å². The molecule has 5 N–H and O–H groups in total. The molecule has 0 aromatic heterocycles. The number of carbonyl (C=O) groups excluding carboxylic acids is 1. The Labute approximate surface area is 112 Å². The zero-order valence-electron chi connectivity index (χ0n) is 10.7. The molecule has 0 bridgehead atoms. The quantitative estimate of drug-likeness (QED) is 0.381. The highest BCUT2D eigenvalue weighted by Gasteiger charge is 2.14. The lowest BCUT2D eigenvalue weighted by Crippen LogP contribution is -2.41. The van der Waals surface area contributed by atoms with Crippen LogP contribution in [-0.2, 0) is 16.1 Å². The molecule has 5 nitrogen and oxygen atoms in total. The zero-order chi connectivity index (χ0) is 14.1. The maximum atomic E-state index is 11.9. The van der Waals surface area contributed by atoms with Crippen molar-refractivity contribution in [3.63, 3.8) is 0 Å². The van der Waals surface area contributed by atoms with Crippen LogP contribution in [0.4, 0.5) is 0 Å². The van der Waals surface area contributed by atoms with Crippen molar-refractivity contribution in [3.05, 3.63) is 60.3 Å². The molecule has 1 amide bonds. The number of rotatable bonds is 7. The van der Waals surface area contributed by atoms with E-state index in [0.717, 1.165) is 5.56 Å². The lowest BCUT2D eigenvalue weighted by atomic mass is 10.1. The fourth-order valence-electron chi connectivity index (χ4n) is 1.67. The summed E-state index contributed by atoms with van der Waals surface area (Å²) in [5, 5.41) is 2.80. The summed E-state index contributed by atoms with van der Waals surface area (Å²) in [7, 11) is 0. The van der Waals surface area contributed by atoms with Crippen LogP contribution in [0.3, 0.4) is 0 Å². The van der Waals surface area contributed by atoms with Gasteiger partial charge in [-0.2, -0.15) is 0 Å². The van der Waals surface area contributed by atoms with Gasteiger partial charge in [-0.3, -0.25) is 4.79 Å². The molecule has 0 aliphatic carbocycles. The second-order valence-electron chi connectivity index (χ2n) is 4.02. The molecule has 19 heavy (non-hydrogen) atoms. The number of amides is 1. The van der Waals surface area contributed by atoms with Crippen LogP contribution in [0.25, 0.3) is 0 Å². The Morgan fingerprint density at radius 2 is 2.11 bits per heavy atom. The molecule has 102 valence electrons. The molecule has 1 aromatic rings. The zero-order valence-corrected chi connectivity index (χ0v) is 10.7. The summed E-state index contributed by atoms with van der Waals surface area (Å²) in [6.45, 7) is 3.74. The molecule has 0 aliphatic rings. The first-order valence-electron chi connectivity index (χ1n) is 5.92. The molecule has 0 saturated carbocycles. The molecular weight excluding hydrogens is 242 g/mol. The SMILES string of the molecule is C=C/C(=C\N)C(=O)N[C@H](CON)Cc1ccccc1. The van der Waals surface area contributed by atoms with Gasteiger partial charge in [-0.05, 0) is 12.0 Å². The van der Waals surface area contributed by atoms with Crippen molar-refractivity contribution in [2.45, 2.75) is 12.5 Å². The van der Waals surface area contributed by atoms with Crippen LogP contribution in [-0.4, -0.2) is 18.6 Å². The van der Waals surface area contributed by atoms with Crippen LogP contribution in [0.15, 0.2) is 54.8 Å². The van der Waals surface area contributed by atoms with Crippen molar-refractivity contribution in [2.75, 3.05) is 6.61 Å². The average Bonchev–Trinajstić information content (AvgIpc) is 2.41. The van der Waals surface area contributed by atoms with E-state index in [0.29, 0.717) is 12.0 Å². The van der Waals surface area contributed by atoms with Crippen LogP contribution in [0.1, 0.15) is 5.56 Å². The second kappa shape index (κ2) is 8.07. The van der Waals surface area contributed by atoms with Gasteiger partial charge in [0, 0.05) is 6.20 Å². The summed E-state index contributed by atoms with van der Waals surface area (Å²) in [4.78, 5) is 16.5. The van der Waals surface area contributed by atoms with Gasteiger partial charge in [-0.25, -0.2) is 5.90 Å². The summed E-state index contributed by atoms with van der Waals surface area (Å²) in [6.07, 6.45) is 3.24. The summed E-state index contributed by atoms with van der Waals surface area (Å²) < 4.78 is 0. The highest BCUT2D eigenvalue weighted by atomic mass is 16.6. The number of benzene rings is 1. The van der Waals surface area contributed by atoms with Crippen LogP contribution < -0.4 is 16.9 Å². The average molecular weight is 261 g/mol. The third kappa shape index (κ3) is 4.95. The van der Waals surface area contributed by atoms with E-state index in [4.69, 9.17) is 11.6 Å².